The van der Waals surface area contributed by atoms with Crippen molar-refractivity contribution in [2.45, 2.75) is 51.0 Å². The maximum atomic E-state index is 12.9. The van der Waals surface area contributed by atoms with Crippen molar-refractivity contribution in [3.63, 3.8) is 0 Å². The average Bonchev–Trinajstić information content (AvgIpc) is 2.91. The number of ether oxygens (including phenoxy) is 2. The molecule has 2 amide bonds. The largest absolute Gasteiger partial charge is 0.371 e. The molecule has 0 radical (unpaired) electrons. The number of likely N-dealkylation sites (tertiary alicyclic amines) is 1. The first kappa shape index (κ1) is 18.4. The van der Waals surface area contributed by atoms with Crippen LogP contribution in [0.25, 0.3) is 0 Å². The summed E-state index contributed by atoms with van der Waals surface area (Å²) >= 11 is 0. The SMILES string of the molecule is COC(C(=O)N1CC(OC(C)(C)C)CC1C(N)=O)c1ccccc1. The van der Waals surface area contributed by atoms with Gasteiger partial charge in [-0.3, -0.25) is 9.59 Å². The Bertz CT molecular complexity index is 582. The van der Waals surface area contributed by atoms with Crippen LogP contribution < -0.4 is 5.73 Å². The summed E-state index contributed by atoms with van der Waals surface area (Å²) in [5.41, 5.74) is 5.89. The van der Waals surface area contributed by atoms with Gasteiger partial charge in [0.1, 0.15) is 6.04 Å². The Morgan fingerprint density at radius 2 is 1.88 bits per heavy atom. The summed E-state index contributed by atoms with van der Waals surface area (Å²) in [6.45, 7) is 6.16. The molecule has 1 fully saturated rings. The van der Waals surface area contributed by atoms with Gasteiger partial charge in [0.05, 0.1) is 11.7 Å². The van der Waals surface area contributed by atoms with Crippen molar-refractivity contribution < 1.29 is 19.1 Å². The predicted molar refractivity (Wildman–Crippen MR) is 90.1 cm³/mol. The van der Waals surface area contributed by atoms with Crippen LogP contribution in [0.4, 0.5) is 0 Å². The quantitative estimate of drug-likeness (QED) is 0.887. The van der Waals surface area contributed by atoms with Gasteiger partial charge >= 0.3 is 0 Å². The second-order valence-electron chi connectivity index (χ2n) is 7.02. The molecular weight excluding hydrogens is 308 g/mol. The summed E-state index contributed by atoms with van der Waals surface area (Å²) in [5, 5.41) is 0. The summed E-state index contributed by atoms with van der Waals surface area (Å²) in [5.74, 6) is -0.793. The number of carbonyl (C=O) groups is 2. The number of primary amides is 1. The molecule has 6 heteroatoms. The number of amides is 2. The number of carbonyl (C=O) groups excluding carboxylic acids is 2. The lowest BCUT2D eigenvalue weighted by Crippen LogP contribution is -2.46. The minimum Gasteiger partial charge on any atom is -0.371 e. The highest BCUT2D eigenvalue weighted by molar-refractivity contribution is 5.90. The van der Waals surface area contributed by atoms with Crippen LogP contribution in [0.3, 0.4) is 0 Å². The highest BCUT2D eigenvalue weighted by atomic mass is 16.5. The van der Waals surface area contributed by atoms with Crippen LogP contribution in [0, 0.1) is 0 Å². The fourth-order valence-electron chi connectivity index (χ4n) is 3.05. The third kappa shape index (κ3) is 4.33. The molecule has 0 saturated carbocycles. The summed E-state index contributed by atoms with van der Waals surface area (Å²) in [6.07, 6.45) is -0.579. The number of rotatable bonds is 5. The van der Waals surface area contributed by atoms with Gasteiger partial charge in [-0.2, -0.15) is 0 Å². The standard InChI is InChI=1S/C18H26N2O4/c1-18(2,3)24-13-10-14(16(19)21)20(11-13)17(22)15(23-4)12-8-6-5-7-9-12/h5-9,13-15H,10-11H2,1-4H3,(H2,19,21). The van der Waals surface area contributed by atoms with Gasteiger partial charge in [-0.15, -0.1) is 0 Å². The van der Waals surface area contributed by atoms with E-state index in [1.807, 2.05) is 51.1 Å². The molecule has 1 aliphatic heterocycles. The Morgan fingerprint density at radius 3 is 2.38 bits per heavy atom. The lowest BCUT2D eigenvalue weighted by Gasteiger charge is -2.27. The number of hydrogen-bond acceptors (Lipinski definition) is 4. The summed E-state index contributed by atoms with van der Waals surface area (Å²) in [6, 6.07) is 8.53. The Labute approximate surface area is 142 Å². The normalized spacial score (nSPS) is 22.4. The van der Waals surface area contributed by atoms with E-state index in [9.17, 15) is 9.59 Å². The number of methoxy groups -OCH3 is 1. The number of benzene rings is 1. The molecule has 0 aromatic heterocycles. The Hall–Kier alpha value is -1.92. The van der Waals surface area contributed by atoms with Gasteiger partial charge in [-0.1, -0.05) is 30.3 Å². The van der Waals surface area contributed by atoms with Crippen molar-refractivity contribution >= 4 is 11.8 Å². The lowest BCUT2D eigenvalue weighted by atomic mass is 10.1. The summed E-state index contributed by atoms with van der Waals surface area (Å²) < 4.78 is 11.3. The molecular formula is C18H26N2O4. The molecule has 3 unspecified atom stereocenters. The molecule has 0 bridgehead atoms. The molecule has 132 valence electrons. The summed E-state index contributed by atoms with van der Waals surface area (Å²) in [4.78, 5) is 26.2. The minimum absolute atomic E-state index is 0.222. The zero-order chi connectivity index (χ0) is 17.9. The molecule has 0 aliphatic carbocycles. The highest BCUT2D eigenvalue weighted by Crippen LogP contribution is 2.28. The van der Waals surface area contributed by atoms with Crippen molar-refractivity contribution in [1.82, 2.24) is 4.90 Å². The fraction of sp³-hybridized carbons (Fsp3) is 0.556. The number of nitrogens with zero attached hydrogens (tertiary/aromatic N) is 1. The van der Waals surface area contributed by atoms with Gasteiger partial charge in [0.2, 0.25) is 5.91 Å². The van der Waals surface area contributed by atoms with E-state index in [2.05, 4.69) is 0 Å². The van der Waals surface area contributed by atoms with Gasteiger partial charge in [0, 0.05) is 20.1 Å². The molecule has 24 heavy (non-hydrogen) atoms. The van der Waals surface area contributed by atoms with Crippen LogP contribution in [0.5, 0.6) is 0 Å². The number of nitrogens with two attached hydrogens (primary N) is 1. The zero-order valence-corrected chi connectivity index (χ0v) is 14.7. The Balaban J connectivity index is 2.20. The van der Waals surface area contributed by atoms with Crippen LogP contribution in [0.2, 0.25) is 0 Å². The third-order valence-electron chi connectivity index (χ3n) is 3.96. The second-order valence-corrected chi connectivity index (χ2v) is 7.02. The highest BCUT2D eigenvalue weighted by Gasteiger charge is 2.42. The van der Waals surface area contributed by atoms with Crippen LogP contribution >= 0.6 is 0 Å². The van der Waals surface area contributed by atoms with Crippen molar-refractivity contribution in [3.05, 3.63) is 35.9 Å². The van der Waals surface area contributed by atoms with Crippen molar-refractivity contribution in [2.75, 3.05) is 13.7 Å². The molecule has 0 spiro atoms. The van der Waals surface area contributed by atoms with Crippen molar-refractivity contribution in [2.24, 2.45) is 5.73 Å². The maximum Gasteiger partial charge on any atom is 0.257 e. The molecule has 3 atom stereocenters. The number of hydrogen-bond donors (Lipinski definition) is 1. The van der Waals surface area contributed by atoms with E-state index in [4.69, 9.17) is 15.2 Å². The van der Waals surface area contributed by atoms with Crippen LogP contribution in [-0.4, -0.2) is 48.1 Å². The fourth-order valence-corrected chi connectivity index (χ4v) is 3.05. The van der Waals surface area contributed by atoms with Gasteiger partial charge in [-0.05, 0) is 26.3 Å². The van der Waals surface area contributed by atoms with Gasteiger partial charge in [0.25, 0.3) is 5.91 Å². The van der Waals surface area contributed by atoms with E-state index in [1.165, 1.54) is 12.0 Å². The van der Waals surface area contributed by atoms with E-state index < -0.39 is 18.1 Å². The molecule has 1 aromatic rings. The van der Waals surface area contributed by atoms with E-state index in [0.29, 0.717) is 13.0 Å². The summed E-state index contributed by atoms with van der Waals surface area (Å²) in [7, 11) is 1.48. The molecule has 6 nitrogen and oxygen atoms in total. The van der Waals surface area contributed by atoms with Gasteiger partial charge < -0.3 is 20.1 Å². The topological polar surface area (TPSA) is 81.9 Å². The molecule has 1 aromatic carbocycles. The first-order valence-corrected chi connectivity index (χ1v) is 8.08. The average molecular weight is 334 g/mol. The molecule has 1 saturated heterocycles. The maximum absolute atomic E-state index is 12.9. The van der Waals surface area contributed by atoms with Crippen LogP contribution in [0.15, 0.2) is 30.3 Å². The first-order chi connectivity index (χ1) is 11.2. The molecule has 1 aliphatic rings. The van der Waals surface area contributed by atoms with Crippen LogP contribution in [0.1, 0.15) is 38.9 Å². The lowest BCUT2D eigenvalue weighted by molar-refractivity contribution is -0.147. The van der Waals surface area contributed by atoms with Crippen molar-refractivity contribution in [1.29, 1.82) is 0 Å². The van der Waals surface area contributed by atoms with E-state index in [1.54, 1.807) is 0 Å². The Morgan fingerprint density at radius 1 is 1.25 bits per heavy atom. The molecule has 2 N–H and O–H groups in total. The van der Waals surface area contributed by atoms with Crippen LogP contribution in [-0.2, 0) is 19.1 Å². The van der Waals surface area contributed by atoms with Gasteiger partial charge in [-0.25, -0.2) is 0 Å². The predicted octanol–water partition coefficient (Wildman–Crippen LogP) is 1.64. The van der Waals surface area contributed by atoms with E-state index in [-0.39, 0.29) is 17.6 Å². The smallest absolute Gasteiger partial charge is 0.257 e. The van der Waals surface area contributed by atoms with Gasteiger partial charge in [0.15, 0.2) is 6.10 Å². The van der Waals surface area contributed by atoms with E-state index >= 15 is 0 Å². The monoisotopic (exact) mass is 334 g/mol. The second kappa shape index (κ2) is 7.32. The zero-order valence-electron chi connectivity index (χ0n) is 14.7. The minimum atomic E-state index is -0.763. The van der Waals surface area contributed by atoms with Crippen molar-refractivity contribution in [3.8, 4) is 0 Å². The Kier molecular flexibility index (Phi) is 5.62. The first-order valence-electron chi connectivity index (χ1n) is 8.08. The molecule has 2 rings (SSSR count). The van der Waals surface area contributed by atoms with E-state index in [0.717, 1.165) is 5.56 Å². The third-order valence-corrected chi connectivity index (χ3v) is 3.96. The molecule has 1 heterocycles.